The molecule has 2 atom stereocenters. The van der Waals surface area contributed by atoms with Crippen LogP contribution in [-0.4, -0.2) is 13.2 Å². The molecule has 0 fully saturated rings. The molecule has 4 rings (SSSR count). The van der Waals surface area contributed by atoms with Crippen LogP contribution in [0.2, 0.25) is 0 Å². The molecule has 0 aliphatic heterocycles. The Bertz CT molecular complexity index is 1610. The van der Waals surface area contributed by atoms with Crippen molar-refractivity contribution in [2.45, 2.75) is 182 Å². The predicted molar refractivity (Wildman–Crippen MR) is 278 cm³/mol. The van der Waals surface area contributed by atoms with Gasteiger partial charge in [0.2, 0.25) is 0 Å². The van der Waals surface area contributed by atoms with Crippen molar-refractivity contribution in [1.29, 1.82) is 0 Å². The molecule has 0 bridgehead atoms. The summed E-state index contributed by atoms with van der Waals surface area (Å²) in [5.74, 6) is 3.14. The van der Waals surface area contributed by atoms with Gasteiger partial charge < -0.3 is 9.47 Å². The summed E-state index contributed by atoms with van der Waals surface area (Å²) in [6, 6.07) is 35.3. The number of halogens is 2. The van der Waals surface area contributed by atoms with E-state index in [1.165, 1.54) is 187 Å². The number of hydrogen-bond acceptors (Lipinski definition) is 2. The molecule has 0 saturated carbocycles. The zero-order chi connectivity index (χ0) is 44.0. The van der Waals surface area contributed by atoms with E-state index in [0.29, 0.717) is 11.8 Å². The van der Waals surface area contributed by atoms with Crippen molar-refractivity contribution < 1.29 is 9.47 Å². The van der Waals surface area contributed by atoms with Crippen LogP contribution in [0.3, 0.4) is 0 Å². The highest BCUT2D eigenvalue weighted by Gasteiger charge is 2.18. The first-order chi connectivity index (χ1) is 30.4. The molecule has 0 aliphatic carbocycles. The topological polar surface area (TPSA) is 18.5 Å². The summed E-state index contributed by atoms with van der Waals surface area (Å²) < 4.78 is 15.4. The Kier molecular flexibility index (Phi) is 26.7. The first kappa shape index (κ1) is 51.8. The van der Waals surface area contributed by atoms with Gasteiger partial charge in [-0.1, -0.05) is 237 Å². The van der Waals surface area contributed by atoms with E-state index in [9.17, 15) is 0 Å². The van der Waals surface area contributed by atoms with Crippen LogP contribution in [0.15, 0.2) is 106 Å². The molecule has 0 aromatic heterocycles. The average molecular weight is 971 g/mol. The fourth-order valence-electron chi connectivity index (χ4n) is 8.78. The van der Waals surface area contributed by atoms with Crippen LogP contribution in [0.5, 0.6) is 11.5 Å². The first-order valence-electron chi connectivity index (χ1n) is 25.2. The summed E-state index contributed by atoms with van der Waals surface area (Å²) in [4.78, 5) is 0. The van der Waals surface area contributed by atoms with E-state index in [1.807, 2.05) is 0 Å². The SMILES string of the molecule is CCCCCCCCC(CCCCCC)COc1ccc(/C(=C(\c2ccc(Br)cc2)c2ccc(OCC(CCCCCC)CCCCCCCC)cc2)c2ccc(Br)cc2)cc1. The standard InChI is InChI=1S/C58H82Br2O2/c1-5-9-13-17-19-23-27-47(25-21-15-11-7-3)45-61-55-41-33-51(34-42-55)57(49-29-37-53(59)38-30-49)58(50-31-39-54(60)40-32-50)52-35-43-56(44-36-52)62-46-48(26-22-16-12-8-4)28-24-20-18-14-10-6-2/h29-44,47-48H,5-28,45-46H2,1-4H3/b58-57+. The summed E-state index contributed by atoms with van der Waals surface area (Å²) in [5.41, 5.74) is 7.08. The third kappa shape index (κ3) is 19.9. The van der Waals surface area contributed by atoms with E-state index in [2.05, 4.69) is 157 Å². The summed E-state index contributed by atoms with van der Waals surface area (Å²) in [6.07, 6.45) is 31.7. The zero-order valence-electron chi connectivity index (χ0n) is 39.3. The van der Waals surface area contributed by atoms with Crippen molar-refractivity contribution in [3.8, 4) is 11.5 Å². The largest absolute Gasteiger partial charge is 0.493 e. The molecule has 62 heavy (non-hydrogen) atoms. The second-order valence-corrected chi connectivity index (χ2v) is 19.8. The van der Waals surface area contributed by atoms with E-state index < -0.39 is 0 Å². The Hall–Kier alpha value is -2.82. The molecule has 0 spiro atoms. The van der Waals surface area contributed by atoms with Crippen LogP contribution in [0.4, 0.5) is 0 Å². The van der Waals surface area contributed by atoms with Crippen molar-refractivity contribution in [1.82, 2.24) is 0 Å². The van der Waals surface area contributed by atoms with Crippen molar-refractivity contribution in [3.05, 3.63) is 128 Å². The van der Waals surface area contributed by atoms with Gasteiger partial charge in [-0.05, 0) is 119 Å². The Morgan fingerprint density at radius 2 is 0.581 bits per heavy atom. The maximum absolute atomic E-state index is 6.61. The van der Waals surface area contributed by atoms with Gasteiger partial charge in [-0.3, -0.25) is 0 Å². The lowest BCUT2D eigenvalue weighted by atomic mass is 9.86. The van der Waals surface area contributed by atoms with Crippen LogP contribution in [-0.2, 0) is 0 Å². The summed E-state index contributed by atoms with van der Waals surface area (Å²) in [5, 5.41) is 0. The van der Waals surface area contributed by atoms with Gasteiger partial charge in [0.25, 0.3) is 0 Å². The van der Waals surface area contributed by atoms with Gasteiger partial charge in [-0.15, -0.1) is 0 Å². The number of hydrogen-bond donors (Lipinski definition) is 0. The molecule has 4 aromatic rings. The third-order valence-electron chi connectivity index (χ3n) is 12.6. The molecule has 0 heterocycles. The zero-order valence-corrected chi connectivity index (χ0v) is 42.5. The second kappa shape index (κ2) is 31.9. The van der Waals surface area contributed by atoms with Crippen LogP contribution in [0.25, 0.3) is 11.1 Å². The summed E-state index contributed by atoms with van der Waals surface area (Å²) in [7, 11) is 0. The van der Waals surface area contributed by atoms with Crippen molar-refractivity contribution >= 4 is 43.0 Å². The molecule has 0 amide bonds. The van der Waals surface area contributed by atoms with Crippen LogP contribution in [0.1, 0.15) is 204 Å². The number of rotatable bonds is 34. The monoisotopic (exact) mass is 968 g/mol. The molecule has 0 aliphatic rings. The van der Waals surface area contributed by atoms with E-state index in [4.69, 9.17) is 9.47 Å². The molecule has 4 heteroatoms. The maximum Gasteiger partial charge on any atom is 0.119 e. The minimum atomic E-state index is 0.615. The van der Waals surface area contributed by atoms with E-state index in [0.717, 1.165) is 33.7 Å². The van der Waals surface area contributed by atoms with Gasteiger partial charge in [0.1, 0.15) is 11.5 Å². The lowest BCUT2D eigenvalue weighted by molar-refractivity contribution is 0.224. The highest BCUT2D eigenvalue weighted by Crippen LogP contribution is 2.39. The van der Waals surface area contributed by atoms with E-state index in [-0.39, 0.29) is 0 Å². The van der Waals surface area contributed by atoms with Gasteiger partial charge in [-0.2, -0.15) is 0 Å². The van der Waals surface area contributed by atoms with Crippen LogP contribution in [0, 0.1) is 11.8 Å². The fourth-order valence-corrected chi connectivity index (χ4v) is 9.30. The quantitative estimate of drug-likeness (QED) is 0.0343. The summed E-state index contributed by atoms with van der Waals surface area (Å²) in [6.45, 7) is 10.8. The lowest BCUT2D eigenvalue weighted by Crippen LogP contribution is -2.12. The fraction of sp³-hybridized carbons (Fsp3) is 0.552. The smallest absolute Gasteiger partial charge is 0.119 e. The molecular weight excluding hydrogens is 888 g/mol. The molecule has 4 aromatic carbocycles. The number of ether oxygens (including phenoxy) is 2. The highest BCUT2D eigenvalue weighted by molar-refractivity contribution is 9.10. The Morgan fingerprint density at radius 1 is 0.339 bits per heavy atom. The van der Waals surface area contributed by atoms with Gasteiger partial charge >= 0.3 is 0 Å². The molecule has 0 saturated heterocycles. The van der Waals surface area contributed by atoms with Gasteiger partial charge in [0.05, 0.1) is 13.2 Å². The molecule has 0 N–H and O–H groups in total. The first-order valence-corrected chi connectivity index (χ1v) is 26.8. The van der Waals surface area contributed by atoms with Gasteiger partial charge in [0.15, 0.2) is 0 Å². The third-order valence-corrected chi connectivity index (χ3v) is 13.7. The normalized spacial score (nSPS) is 12.9. The van der Waals surface area contributed by atoms with Crippen molar-refractivity contribution in [2.24, 2.45) is 11.8 Å². The van der Waals surface area contributed by atoms with E-state index >= 15 is 0 Å². The lowest BCUT2D eigenvalue weighted by Gasteiger charge is -2.20. The van der Waals surface area contributed by atoms with Crippen molar-refractivity contribution in [3.63, 3.8) is 0 Å². The van der Waals surface area contributed by atoms with E-state index in [1.54, 1.807) is 0 Å². The minimum Gasteiger partial charge on any atom is -0.493 e. The maximum atomic E-state index is 6.61. The highest BCUT2D eigenvalue weighted by atomic mass is 79.9. The number of unbranched alkanes of at least 4 members (excludes halogenated alkanes) is 16. The molecular formula is C58H82Br2O2. The Morgan fingerprint density at radius 3 is 0.871 bits per heavy atom. The second-order valence-electron chi connectivity index (χ2n) is 18.0. The molecule has 2 nitrogen and oxygen atoms in total. The Balaban J connectivity index is 1.58. The minimum absolute atomic E-state index is 0.615. The number of benzene rings is 4. The molecule has 2 unspecified atom stereocenters. The average Bonchev–Trinajstić information content (AvgIpc) is 3.29. The van der Waals surface area contributed by atoms with Gasteiger partial charge in [0, 0.05) is 8.95 Å². The van der Waals surface area contributed by atoms with Crippen molar-refractivity contribution in [2.75, 3.05) is 13.2 Å². The Labute approximate surface area is 396 Å². The van der Waals surface area contributed by atoms with Gasteiger partial charge in [-0.25, -0.2) is 0 Å². The van der Waals surface area contributed by atoms with Crippen LogP contribution < -0.4 is 9.47 Å². The van der Waals surface area contributed by atoms with Crippen LogP contribution >= 0.6 is 31.9 Å². The summed E-state index contributed by atoms with van der Waals surface area (Å²) >= 11 is 7.41. The molecule has 0 radical (unpaired) electrons. The predicted octanol–water partition coefficient (Wildman–Crippen LogP) is 19.7. The molecule has 340 valence electrons.